The summed E-state index contributed by atoms with van der Waals surface area (Å²) in [6.07, 6.45) is 2.08. The van der Waals surface area contributed by atoms with Gasteiger partial charge in [-0.3, -0.25) is 4.79 Å². The number of thiophene rings is 1. The van der Waals surface area contributed by atoms with Crippen molar-refractivity contribution in [3.05, 3.63) is 38.5 Å². The van der Waals surface area contributed by atoms with Crippen molar-refractivity contribution in [1.29, 1.82) is 0 Å². The zero-order valence-electron chi connectivity index (χ0n) is 13.9. The molecule has 0 unspecified atom stereocenters. The molecule has 1 aromatic carbocycles. The highest BCUT2D eigenvalue weighted by Gasteiger charge is 2.26. The van der Waals surface area contributed by atoms with E-state index in [9.17, 15) is 4.79 Å². The molecule has 3 aromatic rings. The summed E-state index contributed by atoms with van der Waals surface area (Å²) in [5, 5.41) is 1.02. The van der Waals surface area contributed by atoms with E-state index in [1.165, 1.54) is 20.9 Å². The number of anilines is 1. The fourth-order valence-electron chi connectivity index (χ4n) is 2.91. The number of amides is 1. The van der Waals surface area contributed by atoms with Crippen LogP contribution in [0.3, 0.4) is 0 Å². The van der Waals surface area contributed by atoms with Gasteiger partial charge in [0.25, 0.3) is 5.91 Å². The molecule has 0 atom stereocenters. The summed E-state index contributed by atoms with van der Waals surface area (Å²) < 4.78 is 2.19. The lowest BCUT2D eigenvalue weighted by Gasteiger charge is -2.34. The molecule has 0 saturated carbocycles. The molecule has 0 bridgehead atoms. The number of hydrogen-bond acceptors (Lipinski definition) is 6. The van der Waals surface area contributed by atoms with E-state index in [0.717, 1.165) is 23.7 Å². The minimum absolute atomic E-state index is 0.0493. The molecule has 0 aliphatic carbocycles. The molecule has 1 aliphatic heterocycles. The van der Waals surface area contributed by atoms with Crippen molar-refractivity contribution in [2.75, 3.05) is 37.3 Å². The summed E-state index contributed by atoms with van der Waals surface area (Å²) in [7, 11) is 0. The molecule has 1 fully saturated rings. The minimum Gasteiger partial charge on any atom is -0.345 e. The predicted octanol–water partition coefficient (Wildman–Crippen LogP) is 5.35. The molecule has 0 N–H and O–H groups in total. The van der Waals surface area contributed by atoms with Crippen molar-refractivity contribution < 1.29 is 4.79 Å². The Kier molecular flexibility index (Phi) is 5.34. The van der Waals surface area contributed by atoms with E-state index >= 15 is 0 Å². The van der Waals surface area contributed by atoms with Gasteiger partial charge in [-0.2, -0.15) is 0 Å². The van der Waals surface area contributed by atoms with Crippen LogP contribution in [0.5, 0.6) is 0 Å². The van der Waals surface area contributed by atoms with Crippen molar-refractivity contribution in [1.82, 2.24) is 9.88 Å². The summed E-state index contributed by atoms with van der Waals surface area (Å²) in [6, 6.07) is 8.01. The molecule has 136 valence electrons. The second-order valence-corrected chi connectivity index (χ2v) is 10.0. The molecular formula is C17H15Cl2N3OS3. The van der Waals surface area contributed by atoms with Gasteiger partial charge in [0.2, 0.25) is 0 Å². The van der Waals surface area contributed by atoms with E-state index in [1.54, 1.807) is 29.2 Å². The fourth-order valence-corrected chi connectivity index (χ4v) is 5.93. The molecule has 0 radical (unpaired) electrons. The Morgan fingerprint density at radius 3 is 2.58 bits per heavy atom. The van der Waals surface area contributed by atoms with Crippen molar-refractivity contribution in [2.45, 2.75) is 4.90 Å². The quantitative estimate of drug-likeness (QED) is 0.511. The van der Waals surface area contributed by atoms with Crippen LogP contribution in [0, 0.1) is 0 Å². The van der Waals surface area contributed by atoms with Crippen LogP contribution in [0.15, 0.2) is 29.2 Å². The van der Waals surface area contributed by atoms with Gasteiger partial charge < -0.3 is 9.80 Å². The Bertz CT molecular complexity index is 963. The number of hydrogen-bond donors (Lipinski definition) is 0. The number of rotatable bonds is 3. The van der Waals surface area contributed by atoms with Crippen molar-refractivity contribution in [3.63, 3.8) is 0 Å². The molecule has 0 spiro atoms. The van der Waals surface area contributed by atoms with Crippen LogP contribution >= 0.6 is 57.6 Å². The molecular weight excluding hydrogens is 429 g/mol. The van der Waals surface area contributed by atoms with Crippen molar-refractivity contribution >= 4 is 78.9 Å². The lowest BCUT2D eigenvalue weighted by atomic mass is 10.2. The average Bonchev–Trinajstić information content (AvgIpc) is 3.23. The maximum absolute atomic E-state index is 12.6. The highest BCUT2D eigenvalue weighted by atomic mass is 35.5. The summed E-state index contributed by atoms with van der Waals surface area (Å²) >= 11 is 16.7. The minimum atomic E-state index is -0.0493. The van der Waals surface area contributed by atoms with E-state index in [-0.39, 0.29) is 5.91 Å². The first-order valence-electron chi connectivity index (χ1n) is 7.99. The van der Waals surface area contributed by atoms with E-state index in [4.69, 9.17) is 28.2 Å². The number of fused-ring (bicyclic) bond motifs is 1. The Labute approximate surface area is 173 Å². The molecule has 1 saturated heterocycles. The van der Waals surface area contributed by atoms with Gasteiger partial charge in [0.05, 0.1) is 20.1 Å². The third kappa shape index (κ3) is 3.55. The molecule has 1 amide bonds. The number of thiazole rings is 1. The lowest BCUT2D eigenvalue weighted by molar-refractivity contribution is 0.0747. The topological polar surface area (TPSA) is 36.4 Å². The van der Waals surface area contributed by atoms with Crippen LogP contribution in [0.25, 0.3) is 10.2 Å². The molecule has 4 rings (SSSR count). The number of benzene rings is 1. The van der Waals surface area contributed by atoms with Gasteiger partial charge in [-0.05, 0) is 30.5 Å². The third-order valence-corrected chi connectivity index (χ3v) is 7.60. The number of aromatic nitrogens is 1. The Morgan fingerprint density at radius 2 is 1.92 bits per heavy atom. The smallest absolute Gasteiger partial charge is 0.256 e. The first-order valence-corrected chi connectivity index (χ1v) is 11.6. The van der Waals surface area contributed by atoms with Gasteiger partial charge in [-0.25, -0.2) is 4.98 Å². The Morgan fingerprint density at radius 1 is 1.15 bits per heavy atom. The summed E-state index contributed by atoms with van der Waals surface area (Å²) in [5.74, 6) is -0.0493. The highest BCUT2D eigenvalue weighted by Crippen LogP contribution is 2.34. The normalized spacial score (nSPS) is 15.0. The maximum Gasteiger partial charge on any atom is 0.256 e. The van der Waals surface area contributed by atoms with Crippen LogP contribution in [-0.4, -0.2) is 48.2 Å². The van der Waals surface area contributed by atoms with Crippen LogP contribution < -0.4 is 4.90 Å². The molecule has 1 aliphatic rings. The summed E-state index contributed by atoms with van der Waals surface area (Å²) in [5.41, 5.74) is 1.53. The van der Waals surface area contributed by atoms with Crippen LogP contribution in [0.2, 0.25) is 8.67 Å². The van der Waals surface area contributed by atoms with Gasteiger partial charge in [-0.1, -0.05) is 34.5 Å². The zero-order chi connectivity index (χ0) is 18.3. The first kappa shape index (κ1) is 18.4. The molecule has 2 aromatic heterocycles. The number of carbonyl (C=O) groups is 1. The van der Waals surface area contributed by atoms with E-state index in [0.29, 0.717) is 27.3 Å². The number of carbonyl (C=O) groups excluding carboxylic acids is 1. The van der Waals surface area contributed by atoms with Gasteiger partial charge in [0.1, 0.15) is 4.34 Å². The summed E-state index contributed by atoms with van der Waals surface area (Å²) in [4.78, 5) is 22.7. The summed E-state index contributed by atoms with van der Waals surface area (Å²) in [6.45, 7) is 2.82. The monoisotopic (exact) mass is 443 g/mol. The molecule has 26 heavy (non-hydrogen) atoms. The second-order valence-electron chi connectivity index (χ2n) is 5.85. The van der Waals surface area contributed by atoms with Gasteiger partial charge in [0.15, 0.2) is 5.13 Å². The first-order chi connectivity index (χ1) is 12.5. The van der Waals surface area contributed by atoms with Crippen molar-refractivity contribution in [3.8, 4) is 0 Å². The number of piperazine rings is 1. The van der Waals surface area contributed by atoms with E-state index in [1.807, 2.05) is 4.90 Å². The van der Waals surface area contributed by atoms with E-state index in [2.05, 4.69) is 29.4 Å². The Balaban J connectivity index is 1.46. The SMILES string of the molecule is CSc1ccc2nc(N3CCN(C(=O)c4cc(Cl)sc4Cl)CC3)sc2c1. The van der Waals surface area contributed by atoms with Crippen LogP contribution in [0.1, 0.15) is 10.4 Å². The van der Waals surface area contributed by atoms with Crippen LogP contribution in [0.4, 0.5) is 5.13 Å². The fraction of sp³-hybridized carbons (Fsp3) is 0.294. The molecule has 9 heteroatoms. The maximum atomic E-state index is 12.6. The largest absolute Gasteiger partial charge is 0.345 e. The number of halogens is 2. The third-order valence-electron chi connectivity index (χ3n) is 4.31. The Hall–Kier alpha value is -0.990. The van der Waals surface area contributed by atoms with Crippen LogP contribution in [-0.2, 0) is 0 Å². The van der Waals surface area contributed by atoms with Gasteiger partial charge in [-0.15, -0.1) is 23.1 Å². The number of nitrogens with zero attached hydrogens (tertiary/aromatic N) is 3. The molecule has 4 nitrogen and oxygen atoms in total. The zero-order valence-corrected chi connectivity index (χ0v) is 17.8. The van der Waals surface area contributed by atoms with Gasteiger partial charge >= 0.3 is 0 Å². The lowest BCUT2D eigenvalue weighted by Crippen LogP contribution is -2.48. The highest BCUT2D eigenvalue weighted by molar-refractivity contribution is 7.98. The standard InChI is InChI=1S/C17H15Cl2N3OS3/c1-24-10-2-3-12-13(8-10)25-17(20-12)22-6-4-21(5-7-22)16(23)11-9-14(18)26-15(11)19/h2-3,8-9H,4-7H2,1H3. The van der Waals surface area contributed by atoms with Crippen molar-refractivity contribution in [2.24, 2.45) is 0 Å². The predicted molar refractivity (Wildman–Crippen MR) is 114 cm³/mol. The molecule has 3 heterocycles. The second kappa shape index (κ2) is 7.56. The van der Waals surface area contributed by atoms with E-state index < -0.39 is 0 Å². The number of thioether (sulfide) groups is 1. The average molecular weight is 444 g/mol. The van der Waals surface area contributed by atoms with Gasteiger partial charge in [0, 0.05) is 31.1 Å².